The molecule has 1 aliphatic heterocycles. The molecule has 1 aromatic rings. The van der Waals surface area contributed by atoms with Crippen molar-refractivity contribution in [2.45, 2.75) is 19.3 Å². The minimum Gasteiger partial charge on any atom is -0.317 e. The van der Waals surface area contributed by atoms with Crippen LogP contribution in [0.5, 0.6) is 0 Å². The van der Waals surface area contributed by atoms with E-state index in [4.69, 9.17) is 0 Å². The molecule has 1 heterocycles. The molecular formula is C13H20N2O2S. The highest BCUT2D eigenvalue weighted by Crippen LogP contribution is 2.17. The Hall–Kier alpha value is -1.07. The molecule has 0 unspecified atom stereocenters. The molecule has 0 amide bonds. The van der Waals surface area contributed by atoms with Gasteiger partial charge in [-0.05, 0) is 50.4 Å². The summed E-state index contributed by atoms with van der Waals surface area (Å²) in [4.78, 5) is 0. The number of hydrogen-bond acceptors (Lipinski definition) is 3. The Labute approximate surface area is 109 Å². The number of hydrogen-bond donors (Lipinski definition) is 2. The van der Waals surface area contributed by atoms with Crippen molar-refractivity contribution in [2.75, 3.05) is 23.6 Å². The number of anilines is 1. The predicted molar refractivity (Wildman–Crippen MR) is 74.1 cm³/mol. The third-order valence-corrected chi connectivity index (χ3v) is 4.62. The maximum atomic E-state index is 11.9. The van der Waals surface area contributed by atoms with Crippen LogP contribution in [0.1, 0.15) is 19.3 Å². The van der Waals surface area contributed by atoms with Gasteiger partial charge in [-0.1, -0.05) is 18.2 Å². The number of para-hydroxylation sites is 1. The van der Waals surface area contributed by atoms with E-state index in [2.05, 4.69) is 10.0 Å². The van der Waals surface area contributed by atoms with Gasteiger partial charge in [-0.15, -0.1) is 0 Å². The normalized spacial score (nSPS) is 17.6. The van der Waals surface area contributed by atoms with Gasteiger partial charge < -0.3 is 5.32 Å². The third-order valence-electron chi connectivity index (χ3n) is 3.30. The van der Waals surface area contributed by atoms with Crippen LogP contribution in [0, 0.1) is 5.92 Å². The topological polar surface area (TPSA) is 58.2 Å². The largest absolute Gasteiger partial charge is 0.317 e. The van der Waals surface area contributed by atoms with Crippen LogP contribution in [-0.2, 0) is 10.0 Å². The average molecular weight is 268 g/mol. The summed E-state index contributed by atoms with van der Waals surface area (Å²) in [5.74, 6) is 0.755. The highest BCUT2D eigenvalue weighted by atomic mass is 32.2. The van der Waals surface area contributed by atoms with Crippen molar-refractivity contribution >= 4 is 15.7 Å². The Morgan fingerprint density at radius 1 is 1.17 bits per heavy atom. The zero-order valence-corrected chi connectivity index (χ0v) is 11.2. The summed E-state index contributed by atoms with van der Waals surface area (Å²) in [6.07, 6.45) is 2.92. The Morgan fingerprint density at radius 3 is 2.50 bits per heavy atom. The van der Waals surface area contributed by atoms with Crippen molar-refractivity contribution in [1.82, 2.24) is 5.32 Å². The highest BCUT2D eigenvalue weighted by molar-refractivity contribution is 7.92. The van der Waals surface area contributed by atoms with Crippen LogP contribution < -0.4 is 10.0 Å². The van der Waals surface area contributed by atoms with E-state index in [1.165, 1.54) is 0 Å². The Bertz CT molecular complexity index is 453. The first-order valence-corrected chi connectivity index (χ1v) is 8.07. The van der Waals surface area contributed by atoms with Crippen LogP contribution in [0.2, 0.25) is 0 Å². The number of sulfonamides is 1. The smallest absolute Gasteiger partial charge is 0.232 e. The molecule has 1 aliphatic rings. The lowest BCUT2D eigenvalue weighted by Crippen LogP contribution is -2.29. The summed E-state index contributed by atoms with van der Waals surface area (Å²) < 4.78 is 26.4. The molecular weight excluding hydrogens is 248 g/mol. The minimum absolute atomic E-state index is 0.215. The van der Waals surface area contributed by atoms with Gasteiger partial charge in [0.15, 0.2) is 0 Å². The molecule has 0 aliphatic carbocycles. The van der Waals surface area contributed by atoms with E-state index < -0.39 is 10.0 Å². The second-order valence-corrected chi connectivity index (χ2v) is 6.61. The number of piperidine rings is 1. The molecule has 0 saturated carbocycles. The molecule has 1 aromatic carbocycles. The molecule has 2 N–H and O–H groups in total. The quantitative estimate of drug-likeness (QED) is 0.856. The third kappa shape index (κ3) is 4.31. The minimum atomic E-state index is -3.20. The molecule has 1 saturated heterocycles. The van der Waals surface area contributed by atoms with Crippen LogP contribution in [0.25, 0.3) is 0 Å². The summed E-state index contributed by atoms with van der Waals surface area (Å²) in [7, 11) is -3.20. The second-order valence-electron chi connectivity index (χ2n) is 4.77. The first-order valence-electron chi connectivity index (χ1n) is 6.42. The van der Waals surface area contributed by atoms with Gasteiger partial charge in [-0.25, -0.2) is 8.42 Å². The van der Waals surface area contributed by atoms with Crippen molar-refractivity contribution in [3.63, 3.8) is 0 Å². The molecule has 18 heavy (non-hydrogen) atoms. The van der Waals surface area contributed by atoms with E-state index in [1.807, 2.05) is 18.2 Å². The van der Waals surface area contributed by atoms with Crippen LogP contribution in [-0.4, -0.2) is 27.3 Å². The number of benzene rings is 1. The Balaban J connectivity index is 1.83. The van der Waals surface area contributed by atoms with E-state index >= 15 is 0 Å². The van der Waals surface area contributed by atoms with Crippen LogP contribution >= 0.6 is 0 Å². The number of nitrogens with one attached hydrogen (secondary N) is 2. The fraction of sp³-hybridized carbons (Fsp3) is 0.538. The number of rotatable bonds is 5. The molecule has 4 nitrogen and oxygen atoms in total. The molecule has 0 bridgehead atoms. The first kappa shape index (κ1) is 13.4. The lowest BCUT2D eigenvalue weighted by Gasteiger charge is -2.22. The molecule has 0 spiro atoms. The van der Waals surface area contributed by atoms with Gasteiger partial charge in [0.1, 0.15) is 0 Å². The van der Waals surface area contributed by atoms with Crippen LogP contribution in [0.15, 0.2) is 30.3 Å². The molecule has 100 valence electrons. The highest BCUT2D eigenvalue weighted by Gasteiger charge is 2.17. The predicted octanol–water partition coefficient (Wildman–Crippen LogP) is 1.82. The molecule has 0 radical (unpaired) electrons. The van der Waals surface area contributed by atoms with Crippen LogP contribution in [0.4, 0.5) is 5.69 Å². The fourth-order valence-corrected chi connectivity index (χ4v) is 3.47. The van der Waals surface area contributed by atoms with Gasteiger partial charge in [0.2, 0.25) is 10.0 Å². The molecule has 2 rings (SSSR count). The van der Waals surface area contributed by atoms with Gasteiger partial charge in [0.05, 0.1) is 5.75 Å². The molecule has 1 fully saturated rings. The maximum Gasteiger partial charge on any atom is 0.232 e. The fourth-order valence-electron chi connectivity index (χ4n) is 2.23. The van der Waals surface area contributed by atoms with Gasteiger partial charge in [0.25, 0.3) is 0 Å². The first-order chi connectivity index (χ1) is 8.66. The van der Waals surface area contributed by atoms with E-state index in [9.17, 15) is 8.42 Å². The lowest BCUT2D eigenvalue weighted by atomic mass is 9.96. The monoisotopic (exact) mass is 268 g/mol. The molecule has 0 atom stereocenters. The van der Waals surface area contributed by atoms with Crippen molar-refractivity contribution in [1.29, 1.82) is 0 Å². The zero-order chi connectivity index (χ0) is 12.8. The van der Waals surface area contributed by atoms with E-state index in [0.717, 1.165) is 32.4 Å². The van der Waals surface area contributed by atoms with E-state index in [1.54, 1.807) is 12.1 Å². The molecule has 0 aromatic heterocycles. The lowest BCUT2D eigenvalue weighted by molar-refractivity contribution is 0.365. The van der Waals surface area contributed by atoms with Crippen molar-refractivity contribution in [3.05, 3.63) is 30.3 Å². The maximum absolute atomic E-state index is 11.9. The van der Waals surface area contributed by atoms with Gasteiger partial charge in [-0.3, -0.25) is 4.72 Å². The summed E-state index contributed by atoms with van der Waals surface area (Å²) in [6, 6.07) is 9.05. The van der Waals surface area contributed by atoms with Crippen LogP contribution in [0.3, 0.4) is 0 Å². The Morgan fingerprint density at radius 2 is 1.83 bits per heavy atom. The van der Waals surface area contributed by atoms with E-state index in [-0.39, 0.29) is 5.75 Å². The summed E-state index contributed by atoms with van der Waals surface area (Å²) >= 11 is 0. The van der Waals surface area contributed by atoms with E-state index in [0.29, 0.717) is 11.6 Å². The SMILES string of the molecule is O=S(=O)(CCC1CCNCC1)Nc1ccccc1. The Kier molecular flexibility index (Phi) is 4.60. The van der Waals surface area contributed by atoms with Crippen molar-refractivity contribution in [3.8, 4) is 0 Å². The van der Waals surface area contributed by atoms with Crippen molar-refractivity contribution in [2.24, 2.45) is 5.92 Å². The van der Waals surface area contributed by atoms with Gasteiger partial charge >= 0.3 is 0 Å². The van der Waals surface area contributed by atoms with Gasteiger partial charge in [-0.2, -0.15) is 0 Å². The molecule has 5 heteroatoms. The zero-order valence-electron chi connectivity index (χ0n) is 10.4. The second kappa shape index (κ2) is 6.20. The average Bonchev–Trinajstić information content (AvgIpc) is 2.38. The van der Waals surface area contributed by atoms with Gasteiger partial charge in [0, 0.05) is 5.69 Å². The summed E-state index contributed by atoms with van der Waals surface area (Å²) in [5.41, 5.74) is 0.641. The summed E-state index contributed by atoms with van der Waals surface area (Å²) in [6.45, 7) is 2.02. The summed E-state index contributed by atoms with van der Waals surface area (Å²) in [5, 5.41) is 3.29. The van der Waals surface area contributed by atoms with Crippen molar-refractivity contribution < 1.29 is 8.42 Å². The standard InChI is InChI=1S/C13H20N2O2S/c16-18(17,15-13-4-2-1-3-5-13)11-8-12-6-9-14-10-7-12/h1-5,12,14-15H,6-11H2.